The van der Waals surface area contributed by atoms with Gasteiger partial charge in [0.05, 0.1) is 4.90 Å². The summed E-state index contributed by atoms with van der Waals surface area (Å²) < 4.78 is 31.2. The number of benzene rings is 2. The van der Waals surface area contributed by atoms with E-state index in [-0.39, 0.29) is 4.90 Å². The highest BCUT2D eigenvalue weighted by atomic mass is 32.2. The Morgan fingerprint density at radius 2 is 1.65 bits per heavy atom. The molecule has 3 aromatic rings. The number of hydrogen-bond donors (Lipinski definition) is 2. The summed E-state index contributed by atoms with van der Waals surface area (Å²) in [6, 6.07) is 12.1. The predicted octanol–water partition coefficient (Wildman–Crippen LogP) is 2.57. The molecule has 0 aliphatic heterocycles. The molecule has 2 N–H and O–H groups in total. The third-order valence-corrected chi connectivity index (χ3v) is 3.63. The number of hydrogen-bond acceptors (Lipinski definition) is 2. The molecule has 0 unspecified atom stereocenters. The summed E-state index contributed by atoms with van der Waals surface area (Å²) in [7, 11) is -4.15. The molecule has 1 heterocycles. The molecule has 0 atom stereocenters. The van der Waals surface area contributed by atoms with Crippen LogP contribution in [0.15, 0.2) is 47.4 Å². The number of para-hydroxylation sites is 1. The summed E-state index contributed by atoms with van der Waals surface area (Å²) in [5, 5.41) is 1.73. The molecule has 0 saturated heterocycles. The van der Waals surface area contributed by atoms with Crippen LogP contribution in [0.1, 0.15) is 0 Å². The smallest absolute Gasteiger partial charge is 0.294 e. The summed E-state index contributed by atoms with van der Waals surface area (Å²) in [6.45, 7) is 0. The van der Waals surface area contributed by atoms with Crippen molar-refractivity contribution in [3.05, 3.63) is 42.5 Å². The fourth-order valence-electron chi connectivity index (χ4n) is 1.99. The molecule has 2 aromatic carbocycles. The van der Waals surface area contributed by atoms with Crippen LogP contribution in [-0.4, -0.2) is 18.0 Å². The molecule has 5 heteroatoms. The van der Waals surface area contributed by atoms with Crippen LogP contribution in [0.3, 0.4) is 0 Å². The van der Waals surface area contributed by atoms with Gasteiger partial charge in [-0.3, -0.25) is 4.55 Å². The van der Waals surface area contributed by atoms with Crippen LogP contribution in [0.2, 0.25) is 0 Å². The number of nitrogens with one attached hydrogen (secondary N) is 1. The van der Waals surface area contributed by atoms with Crippen molar-refractivity contribution < 1.29 is 13.0 Å². The van der Waals surface area contributed by atoms with Gasteiger partial charge in [-0.2, -0.15) is 8.42 Å². The lowest BCUT2D eigenvalue weighted by Crippen LogP contribution is -1.96. The quantitative estimate of drug-likeness (QED) is 0.649. The first kappa shape index (κ1) is 10.3. The van der Waals surface area contributed by atoms with Gasteiger partial charge in [-0.1, -0.05) is 18.2 Å². The second kappa shape index (κ2) is 3.32. The summed E-state index contributed by atoms with van der Waals surface area (Å²) in [6.07, 6.45) is 0. The lowest BCUT2D eigenvalue weighted by molar-refractivity contribution is 0.483. The first-order valence-corrected chi connectivity index (χ1v) is 6.48. The fourth-order valence-corrected chi connectivity index (χ4v) is 2.49. The van der Waals surface area contributed by atoms with Gasteiger partial charge in [-0.05, 0) is 24.3 Å². The highest BCUT2D eigenvalue weighted by Gasteiger charge is 2.11. The van der Waals surface area contributed by atoms with E-state index >= 15 is 0 Å². The maximum absolute atomic E-state index is 11.1. The summed E-state index contributed by atoms with van der Waals surface area (Å²) in [5.74, 6) is 0. The third-order valence-electron chi connectivity index (χ3n) is 2.78. The molecule has 0 spiro atoms. The van der Waals surface area contributed by atoms with Crippen molar-refractivity contribution in [1.29, 1.82) is 0 Å². The number of aromatic nitrogens is 1. The second-order valence-corrected chi connectivity index (χ2v) is 5.27. The van der Waals surface area contributed by atoms with Crippen molar-refractivity contribution in [3.8, 4) is 0 Å². The Morgan fingerprint density at radius 3 is 2.41 bits per heavy atom. The van der Waals surface area contributed by atoms with E-state index in [9.17, 15) is 8.42 Å². The standard InChI is InChI=1S/C12H9NO3S/c14-17(15,16)8-5-6-12-10(7-8)9-3-1-2-4-11(9)13-12/h1-7,13H,(H,14,15,16). The average Bonchev–Trinajstić information content (AvgIpc) is 2.65. The van der Waals surface area contributed by atoms with Gasteiger partial charge in [-0.25, -0.2) is 0 Å². The van der Waals surface area contributed by atoms with Crippen molar-refractivity contribution in [1.82, 2.24) is 4.98 Å². The Labute approximate surface area is 97.6 Å². The van der Waals surface area contributed by atoms with Gasteiger partial charge in [0.2, 0.25) is 0 Å². The van der Waals surface area contributed by atoms with E-state index in [0.29, 0.717) is 0 Å². The van der Waals surface area contributed by atoms with Crippen LogP contribution in [0, 0.1) is 0 Å². The highest BCUT2D eigenvalue weighted by molar-refractivity contribution is 7.85. The summed E-state index contributed by atoms with van der Waals surface area (Å²) >= 11 is 0. The Hall–Kier alpha value is -1.85. The first-order valence-electron chi connectivity index (χ1n) is 5.04. The molecule has 0 radical (unpaired) electrons. The lowest BCUT2D eigenvalue weighted by atomic mass is 10.1. The molecule has 0 saturated carbocycles. The molecule has 3 rings (SSSR count). The van der Waals surface area contributed by atoms with Crippen molar-refractivity contribution in [2.45, 2.75) is 4.90 Å². The van der Waals surface area contributed by atoms with Crippen LogP contribution >= 0.6 is 0 Å². The van der Waals surface area contributed by atoms with Gasteiger partial charge in [0.15, 0.2) is 0 Å². The molecule has 4 nitrogen and oxygen atoms in total. The fraction of sp³-hybridized carbons (Fsp3) is 0. The van der Waals surface area contributed by atoms with Crippen LogP contribution in [-0.2, 0) is 10.1 Å². The van der Waals surface area contributed by atoms with Crippen LogP contribution in [0.25, 0.3) is 21.8 Å². The minimum Gasteiger partial charge on any atom is -0.355 e. The van der Waals surface area contributed by atoms with E-state index in [1.54, 1.807) is 6.07 Å². The van der Waals surface area contributed by atoms with Crippen molar-refractivity contribution in [2.75, 3.05) is 0 Å². The third kappa shape index (κ3) is 1.60. The van der Waals surface area contributed by atoms with Crippen LogP contribution < -0.4 is 0 Å². The van der Waals surface area contributed by atoms with Crippen molar-refractivity contribution >= 4 is 31.9 Å². The minimum atomic E-state index is -4.15. The Balaban J connectivity index is 2.46. The SMILES string of the molecule is O=S(=O)(O)c1ccc2[nH]c3ccccc3c2c1. The van der Waals surface area contributed by atoms with E-state index in [0.717, 1.165) is 21.8 Å². The van der Waals surface area contributed by atoms with Gasteiger partial charge < -0.3 is 4.98 Å². The Kier molecular flexibility index (Phi) is 2.01. The molecular weight excluding hydrogens is 238 g/mol. The monoisotopic (exact) mass is 247 g/mol. The first-order chi connectivity index (χ1) is 8.05. The summed E-state index contributed by atoms with van der Waals surface area (Å²) in [5.41, 5.74) is 1.79. The maximum atomic E-state index is 11.1. The Morgan fingerprint density at radius 1 is 0.941 bits per heavy atom. The molecule has 1 aromatic heterocycles. The zero-order valence-corrected chi connectivity index (χ0v) is 9.53. The maximum Gasteiger partial charge on any atom is 0.294 e. The molecular formula is C12H9NO3S. The van der Waals surface area contributed by atoms with E-state index in [4.69, 9.17) is 4.55 Å². The molecule has 0 fully saturated rings. The van der Waals surface area contributed by atoms with E-state index in [2.05, 4.69) is 4.98 Å². The normalized spacial score (nSPS) is 12.3. The van der Waals surface area contributed by atoms with Crippen molar-refractivity contribution in [2.24, 2.45) is 0 Å². The number of H-pyrrole nitrogens is 1. The van der Waals surface area contributed by atoms with Gasteiger partial charge in [0.1, 0.15) is 0 Å². The van der Waals surface area contributed by atoms with Gasteiger partial charge in [-0.15, -0.1) is 0 Å². The van der Waals surface area contributed by atoms with E-state index < -0.39 is 10.1 Å². The van der Waals surface area contributed by atoms with Crippen LogP contribution in [0.5, 0.6) is 0 Å². The molecule has 17 heavy (non-hydrogen) atoms. The number of aromatic amines is 1. The minimum absolute atomic E-state index is 0.0882. The lowest BCUT2D eigenvalue weighted by Gasteiger charge is -1.97. The van der Waals surface area contributed by atoms with Crippen molar-refractivity contribution in [3.63, 3.8) is 0 Å². The Bertz CT molecular complexity index is 818. The topological polar surface area (TPSA) is 70.2 Å². The number of fused-ring (bicyclic) bond motifs is 3. The zero-order chi connectivity index (χ0) is 12.0. The van der Waals surface area contributed by atoms with Gasteiger partial charge in [0.25, 0.3) is 10.1 Å². The van der Waals surface area contributed by atoms with Crippen LogP contribution in [0.4, 0.5) is 0 Å². The van der Waals surface area contributed by atoms with E-state index in [1.165, 1.54) is 12.1 Å². The van der Waals surface area contributed by atoms with Gasteiger partial charge in [0, 0.05) is 21.8 Å². The van der Waals surface area contributed by atoms with E-state index in [1.807, 2.05) is 24.3 Å². The molecule has 0 amide bonds. The average molecular weight is 247 g/mol. The summed E-state index contributed by atoms with van der Waals surface area (Å²) in [4.78, 5) is 3.09. The molecule has 0 aliphatic carbocycles. The second-order valence-electron chi connectivity index (χ2n) is 3.85. The highest BCUT2D eigenvalue weighted by Crippen LogP contribution is 2.27. The molecule has 86 valence electrons. The zero-order valence-electron chi connectivity index (χ0n) is 8.71. The predicted molar refractivity (Wildman–Crippen MR) is 65.6 cm³/mol. The molecule has 0 aliphatic rings. The molecule has 0 bridgehead atoms. The van der Waals surface area contributed by atoms with Gasteiger partial charge >= 0.3 is 0 Å². The largest absolute Gasteiger partial charge is 0.355 e. The number of rotatable bonds is 1.